The van der Waals surface area contributed by atoms with Crippen LogP contribution in [-0.4, -0.2) is 59.9 Å². The van der Waals surface area contributed by atoms with Crippen LogP contribution in [0.5, 0.6) is 0 Å². The molecule has 4 rings (SSSR count). The van der Waals surface area contributed by atoms with E-state index in [9.17, 15) is 14.4 Å². The number of carbonyl (C=O) groups is 3. The first-order chi connectivity index (χ1) is 18.9. The molecule has 12 heteroatoms. The Morgan fingerprint density at radius 3 is 2.41 bits per heavy atom. The maximum Gasteiger partial charge on any atom is 0.285 e. The highest BCUT2D eigenvalue weighted by Gasteiger charge is 2.26. The van der Waals surface area contributed by atoms with E-state index >= 15 is 0 Å². The van der Waals surface area contributed by atoms with Crippen LogP contribution in [-0.2, 0) is 9.59 Å². The smallest absolute Gasteiger partial charge is 0.285 e. The number of likely N-dealkylation sites (tertiary alicyclic amines) is 1. The maximum absolute atomic E-state index is 13.5. The van der Waals surface area contributed by atoms with Crippen LogP contribution in [0.2, 0.25) is 0 Å². The molecule has 1 unspecified atom stereocenters. The van der Waals surface area contributed by atoms with Crippen molar-refractivity contribution < 1.29 is 14.4 Å². The van der Waals surface area contributed by atoms with Crippen molar-refractivity contribution in [3.8, 4) is 11.1 Å². The summed E-state index contributed by atoms with van der Waals surface area (Å²) in [4.78, 5) is 41.5. The number of anilines is 1. The Bertz CT molecular complexity index is 1300. The van der Waals surface area contributed by atoms with Crippen molar-refractivity contribution in [3.63, 3.8) is 0 Å². The first-order valence-corrected chi connectivity index (χ1v) is 13.0. The van der Waals surface area contributed by atoms with E-state index in [1.165, 1.54) is 4.90 Å². The van der Waals surface area contributed by atoms with Crippen LogP contribution in [0.25, 0.3) is 17.2 Å². The number of fused-ring (bicyclic) bond motifs is 1. The summed E-state index contributed by atoms with van der Waals surface area (Å²) in [6.07, 6.45) is 4.16. The lowest BCUT2D eigenvalue weighted by atomic mass is 10.00. The monoisotopic (exact) mass is 531 g/mol. The van der Waals surface area contributed by atoms with Crippen LogP contribution < -0.4 is 17.0 Å². The van der Waals surface area contributed by atoms with Crippen molar-refractivity contribution in [2.75, 3.05) is 31.5 Å². The predicted molar refractivity (Wildman–Crippen MR) is 147 cm³/mol. The number of benzene rings is 2. The molecule has 1 atom stereocenters. The van der Waals surface area contributed by atoms with Gasteiger partial charge in [-0.1, -0.05) is 46.7 Å². The summed E-state index contributed by atoms with van der Waals surface area (Å²) >= 11 is 0. The van der Waals surface area contributed by atoms with Crippen LogP contribution in [0, 0.1) is 0 Å². The molecule has 2 aliphatic rings. The van der Waals surface area contributed by atoms with E-state index in [1.807, 2.05) is 54.3 Å². The number of amides is 3. The molecule has 2 aromatic rings. The fraction of sp³-hybridized carbons (Fsp3) is 0.370. The number of hydrogen-bond acceptors (Lipinski definition) is 7. The van der Waals surface area contributed by atoms with Gasteiger partial charge in [-0.2, -0.15) is 0 Å². The summed E-state index contributed by atoms with van der Waals surface area (Å²) in [7, 11) is 0. The van der Waals surface area contributed by atoms with Gasteiger partial charge in [-0.3, -0.25) is 14.4 Å². The molecule has 2 heterocycles. The molecule has 204 valence electrons. The van der Waals surface area contributed by atoms with Crippen LogP contribution in [0.15, 0.2) is 68.7 Å². The van der Waals surface area contributed by atoms with E-state index < -0.39 is 12.1 Å². The summed E-state index contributed by atoms with van der Waals surface area (Å²) in [5.74, 6) is 9.48. The third-order valence-electron chi connectivity index (χ3n) is 6.73. The molecular formula is C27H33N9O3. The molecule has 0 bridgehead atoms. The van der Waals surface area contributed by atoms with Crippen LogP contribution >= 0.6 is 0 Å². The fourth-order valence-electron chi connectivity index (χ4n) is 4.86. The Morgan fingerprint density at radius 2 is 1.74 bits per heavy atom. The highest BCUT2D eigenvalue weighted by atomic mass is 16.2. The minimum Gasteiger partial charge on any atom is -0.361 e. The number of nitrogens with one attached hydrogen (secondary N) is 1. The second-order valence-corrected chi connectivity index (χ2v) is 9.48. The molecule has 2 aliphatic heterocycles. The normalized spacial score (nSPS) is 17.0. The van der Waals surface area contributed by atoms with Crippen molar-refractivity contribution >= 4 is 29.5 Å². The van der Waals surface area contributed by atoms with Gasteiger partial charge in [-0.05, 0) is 60.2 Å². The lowest BCUT2D eigenvalue weighted by Gasteiger charge is -2.22. The maximum atomic E-state index is 13.5. The van der Waals surface area contributed by atoms with Gasteiger partial charge >= 0.3 is 0 Å². The highest BCUT2D eigenvalue weighted by molar-refractivity contribution is 6.01. The first kappa shape index (κ1) is 27.4. The van der Waals surface area contributed by atoms with E-state index in [1.54, 1.807) is 6.08 Å². The minimum atomic E-state index is -0.608. The molecule has 0 spiro atoms. The van der Waals surface area contributed by atoms with E-state index in [2.05, 4.69) is 26.0 Å². The molecular weight excluding hydrogens is 498 g/mol. The SMILES string of the molecule is CCCN(CC(=O)N=NN)C(=O)C1=Cc2ccc(-c3ccc(C(=O)N4CCCC4)cc3)cc2NC(N=NN)C1. The number of nitrogens with two attached hydrogens (primary N) is 2. The zero-order valence-corrected chi connectivity index (χ0v) is 21.9. The van der Waals surface area contributed by atoms with Crippen LogP contribution in [0.1, 0.15) is 48.5 Å². The molecule has 12 nitrogen and oxygen atoms in total. The molecule has 39 heavy (non-hydrogen) atoms. The second-order valence-electron chi connectivity index (χ2n) is 9.48. The Morgan fingerprint density at radius 1 is 1.03 bits per heavy atom. The highest BCUT2D eigenvalue weighted by Crippen LogP contribution is 2.32. The van der Waals surface area contributed by atoms with Crippen molar-refractivity contribution in [2.45, 2.75) is 38.8 Å². The Balaban J connectivity index is 1.61. The fourth-order valence-corrected chi connectivity index (χ4v) is 4.86. The van der Waals surface area contributed by atoms with Crippen molar-refractivity contribution in [1.29, 1.82) is 0 Å². The molecule has 0 saturated carbocycles. The minimum absolute atomic E-state index is 0.0601. The van der Waals surface area contributed by atoms with Gasteiger partial charge in [-0.15, -0.1) is 5.11 Å². The Hall–Kier alpha value is -4.61. The zero-order valence-electron chi connectivity index (χ0n) is 21.9. The van der Waals surface area contributed by atoms with Crippen molar-refractivity contribution in [3.05, 3.63) is 59.2 Å². The van der Waals surface area contributed by atoms with Gasteiger partial charge in [0.1, 0.15) is 12.7 Å². The van der Waals surface area contributed by atoms with E-state index in [0.717, 1.165) is 48.3 Å². The topological polar surface area (TPSA) is 171 Å². The Labute approximate surface area is 226 Å². The molecule has 3 amide bonds. The third-order valence-corrected chi connectivity index (χ3v) is 6.73. The molecule has 2 aromatic carbocycles. The molecule has 0 radical (unpaired) electrons. The van der Waals surface area contributed by atoms with Crippen molar-refractivity contribution in [1.82, 2.24) is 9.80 Å². The lowest BCUT2D eigenvalue weighted by Crippen LogP contribution is -2.37. The van der Waals surface area contributed by atoms with E-state index in [4.69, 9.17) is 11.7 Å². The molecule has 5 N–H and O–H groups in total. The van der Waals surface area contributed by atoms with Crippen LogP contribution in [0.4, 0.5) is 5.69 Å². The van der Waals surface area contributed by atoms with Gasteiger partial charge in [0.15, 0.2) is 0 Å². The first-order valence-electron chi connectivity index (χ1n) is 13.0. The standard InChI is InChI=1S/C27H33N9O3/c1-2-11-36(17-25(37)32-34-29)27(39)22-14-21-10-9-20(15-23(21)30-24(16-22)31-33-28)18-5-7-19(8-6-18)26(38)35-12-3-4-13-35/h5-10,14-15,24,30H,2-4,11-13,16-17H2,1H3,(H2,28,31)(H2,29,32,37). The summed E-state index contributed by atoms with van der Waals surface area (Å²) in [5, 5.41) is 17.1. The predicted octanol–water partition coefficient (Wildman–Crippen LogP) is 3.53. The molecule has 1 fully saturated rings. The number of rotatable bonds is 8. The average molecular weight is 532 g/mol. The number of nitrogens with zero attached hydrogens (tertiary/aromatic N) is 6. The average Bonchev–Trinajstić information content (AvgIpc) is 3.41. The van der Waals surface area contributed by atoms with Crippen molar-refractivity contribution in [2.24, 2.45) is 32.4 Å². The summed E-state index contributed by atoms with van der Waals surface area (Å²) in [6.45, 7) is 3.66. The van der Waals surface area contributed by atoms with Gasteiger partial charge in [0.25, 0.3) is 11.8 Å². The zero-order chi connectivity index (χ0) is 27.8. The van der Waals surface area contributed by atoms with E-state index in [-0.39, 0.29) is 24.8 Å². The second kappa shape index (κ2) is 12.8. The summed E-state index contributed by atoms with van der Waals surface area (Å²) in [6, 6.07) is 13.4. The van der Waals surface area contributed by atoms with Crippen LogP contribution in [0.3, 0.4) is 0 Å². The number of carbonyl (C=O) groups excluding carboxylic acids is 3. The number of hydrogen-bond donors (Lipinski definition) is 3. The van der Waals surface area contributed by atoms with E-state index in [0.29, 0.717) is 24.1 Å². The lowest BCUT2D eigenvalue weighted by molar-refractivity contribution is -0.132. The van der Waals surface area contributed by atoms with Gasteiger partial charge < -0.3 is 26.8 Å². The third kappa shape index (κ3) is 6.64. The quantitative estimate of drug-likeness (QED) is 0.267. The van der Waals surface area contributed by atoms with Gasteiger partial charge in [0.05, 0.1) is 0 Å². The van der Waals surface area contributed by atoms with Gasteiger partial charge in [0.2, 0.25) is 5.91 Å². The molecule has 0 aromatic heterocycles. The summed E-state index contributed by atoms with van der Waals surface area (Å²) < 4.78 is 0. The molecule has 1 saturated heterocycles. The van der Waals surface area contributed by atoms with Gasteiger partial charge in [-0.25, -0.2) is 0 Å². The largest absolute Gasteiger partial charge is 0.361 e. The molecule has 0 aliphatic carbocycles. The summed E-state index contributed by atoms with van der Waals surface area (Å²) in [5.41, 5.74) is 4.52. The Kier molecular flexibility index (Phi) is 8.97. The van der Waals surface area contributed by atoms with Gasteiger partial charge in [0, 0.05) is 42.9 Å².